The molecule has 228 valence electrons. The molecule has 11 heteroatoms. The number of amides is 2. The van der Waals surface area contributed by atoms with E-state index in [0.29, 0.717) is 29.0 Å². The fraction of sp³-hybridized carbons (Fsp3) is 0.273. The average molecular weight is 603 g/mol. The molecule has 1 unspecified atom stereocenters. The van der Waals surface area contributed by atoms with Crippen LogP contribution in [0.5, 0.6) is 0 Å². The third-order valence-corrected chi connectivity index (χ3v) is 7.24. The largest absolute Gasteiger partial charge is 0.416 e. The van der Waals surface area contributed by atoms with Crippen LogP contribution in [0.2, 0.25) is 0 Å². The molecular weight excluding hydrogens is 569 g/mol. The highest BCUT2D eigenvalue weighted by Gasteiger charge is 2.31. The molecule has 1 fully saturated rings. The van der Waals surface area contributed by atoms with Gasteiger partial charge in [0, 0.05) is 19.2 Å². The number of halogens is 3. The summed E-state index contributed by atoms with van der Waals surface area (Å²) in [5.74, 6) is -0.872. The Hall–Kier alpha value is -4.79. The van der Waals surface area contributed by atoms with Gasteiger partial charge in [0.1, 0.15) is 12.1 Å². The molecule has 0 aromatic heterocycles. The number of carbonyl (C=O) groups excluding carboxylic acids is 2. The van der Waals surface area contributed by atoms with Gasteiger partial charge in [-0.15, -0.1) is 0 Å². The van der Waals surface area contributed by atoms with Crippen LogP contribution in [0.25, 0.3) is 6.08 Å². The number of aliphatic imine (C=N–C) groups is 1. The zero-order valence-electron chi connectivity index (χ0n) is 24.0. The molecule has 0 saturated carbocycles. The van der Waals surface area contributed by atoms with E-state index >= 15 is 0 Å². The second-order valence-electron chi connectivity index (χ2n) is 10.3. The molecule has 4 rings (SSSR count). The van der Waals surface area contributed by atoms with E-state index in [-0.39, 0.29) is 17.2 Å². The molecule has 1 atom stereocenters. The first-order valence-corrected chi connectivity index (χ1v) is 14.2. The van der Waals surface area contributed by atoms with Gasteiger partial charge in [-0.25, -0.2) is 0 Å². The summed E-state index contributed by atoms with van der Waals surface area (Å²) in [5.41, 5.74) is 1.14. The Morgan fingerprint density at radius 1 is 1.00 bits per heavy atom. The minimum Gasteiger partial charge on any atom is -0.323 e. The van der Waals surface area contributed by atoms with Crippen LogP contribution in [0.15, 0.2) is 77.8 Å². The molecule has 1 heterocycles. The molecule has 2 amide bonds. The molecule has 3 aromatic rings. The van der Waals surface area contributed by atoms with Gasteiger partial charge in [-0.2, -0.15) is 18.4 Å². The van der Waals surface area contributed by atoms with E-state index < -0.39 is 23.7 Å². The van der Waals surface area contributed by atoms with Gasteiger partial charge in [0.25, 0.3) is 0 Å². The number of piperidine rings is 1. The van der Waals surface area contributed by atoms with E-state index in [1.54, 1.807) is 60.7 Å². The standard InChI is InChI=1S/C33H33F3N6O2/c1-38-28-7-3-4-8-29(28)40-30(43)16-11-23-9-12-24(13-10-23)31(39-17-20-42-18-5-2-6-19-42)32(44)41-27-15-14-26(33(34,35)36)21-25(27)22-37/h3-4,7-16,21,31,39H,1-2,5-6,17-20H2,(H,40,43)(H,41,44)/b16-11+. The monoisotopic (exact) mass is 602 g/mol. The lowest BCUT2D eigenvalue weighted by atomic mass is 10.0. The summed E-state index contributed by atoms with van der Waals surface area (Å²) >= 11 is 0. The van der Waals surface area contributed by atoms with Gasteiger partial charge < -0.3 is 20.9 Å². The lowest BCUT2D eigenvalue weighted by Crippen LogP contribution is -2.40. The Bertz CT molecular complexity index is 1540. The van der Waals surface area contributed by atoms with Crippen molar-refractivity contribution in [2.45, 2.75) is 31.5 Å². The second kappa shape index (κ2) is 15.1. The van der Waals surface area contributed by atoms with Gasteiger partial charge >= 0.3 is 6.18 Å². The quantitative estimate of drug-likeness (QED) is 0.176. The first kappa shape index (κ1) is 32.1. The van der Waals surface area contributed by atoms with E-state index in [2.05, 4.69) is 32.6 Å². The molecule has 8 nitrogen and oxygen atoms in total. The number of carbonyl (C=O) groups is 2. The van der Waals surface area contributed by atoms with Crippen molar-refractivity contribution in [3.63, 3.8) is 0 Å². The second-order valence-corrected chi connectivity index (χ2v) is 10.3. The number of alkyl halides is 3. The van der Waals surface area contributed by atoms with Crippen molar-refractivity contribution in [3.05, 3.63) is 95.1 Å². The highest BCUT2D eigenvalue weighted by atomic mass is 19.4. The van der Waals surface area contributed by atoms with E-state index in [4.69, 9.17) is 0 Å². The van der Waals surface area contributed by atoms with Crippen molar-refractivity contribution in [2.75, 3.05) is 36.8 Å². The number of nitrogens with zero attached hydrogens (tertiary/aromatic N) is 3. The zero-order valence-corrected chi connectivity index (χ0v) is 24.0. The number of nitriles is 1. The summed E-state index contributed by atoms with van der Waals surface area (Å²) in [6, 6.07) is 17.5. The Kier molecular flexibility index (Phi) is 11.0. The van der Waals surface area contributed by atoms with Gasteiger partial charge in [0.05, 0.1) is 28.2 Å². The van der Waals surface area contributed by atoms with Crippen LogP contribution in [-0.2, 0) is 15.8 Å². The number of likely N-dealkylation sites (tertiary alicyclic amines) is 1. The minimum atomic E-state index is -4.61. The Morgan fingerprint density at radius 3 is 2.41 bits per heavy atom. The zero-order chi connectivity index (χ0) is 31.5. The molecule has 0 spiro atoms. The van der Waals surface area contributed by atoms with Gasteiger partial charge in [-0.1, -0.05) is 42.8 Å². The SMILES string of the molecule is C=Nc1ccccc1NC(=O)/C=C/c1ccc(C(NCCN2CCCCC2)C(=O)Nc2ccc(C(F)(F)F)cc2C#N)cc1. The Morgan fingerprint density at radius 2 is 1.73 bits per heavy atom. The number of para-hydroxylation sites is 2. The highest BCUT2D eigenvalue weighted by molar-refractivity contribution is 6.03. The molecule has 0 radical (unpaired) electrons. The third kappa shape index (κ3) is 8.86. The first-order valence-electron chi connectivity index (χ1n) is 14.2. The molecule has 1 aliphatic heterocycles. The van der Waals surface area contributed by atoms with Crippen molar-refractivity contribution >= 4 is 41.7 Å². The van der Waals surface area contributed by atoms with Crippen LogP contribution >= 0.6 is 0 Å². The van der Waals surface area contributed by atoms with Crippen LogP contribution in [0, 0.1) is 11.3 Å². The maximum atomic E-state index is 13.5. The van der Waals surface area contributed by atoms with E-state index in [0.717, 1.165) is 50.7 Å². The van der Waals surface area contributed by atoms with Crippen LogP contribution < -0.4 is 16.0 Å². The number of nitrogens with one attached hydrogen (secondary N) is 3. The molecule has 3 N–H and O–H groups in total. The number of anilines is 2. The van der Waals surface area contributed by atoms with Gasteiger partial charge in [0.2, 0.25) is 11.8 Å². The van der Waals surface area contributed by atoms with E-state index in [9.17, 15) is 28.0 Å². The summed E-state index contributed by atoms with van der Waals surface area (Å²) in [7, 11) is 0. The lowest BCUT2D eigenvalue weighted by Gasteiger charge is -2.27. The summed E-state index contributed by atoms with van der Waals surface area (Å²) in [6.07, 6.45) is 1.84. The highest BCUT2D eigenvalue weighted by Crippen LogP contribution is 2.32. The lowest BCUT2D eigenvalue weighted by molar-refractivity contribution is -0.137. The molecule has 3 aromatic carbocycles. The molecule has 1 aliphatic rings. The molecular formula is C33H33F3N6O2. The maximum absolute atomic E-state index is 13.5. The first-order chi connectivity index (χ1) is 21.2. The minimum absolute atomic E-state index is 0.00729. The van der Waals surface area contributed by atoms with Crippen LogP contribution in [0.3, 0.4) is 0 Å². The smallest absolute Gasteiger partial charge is 0.323 e. The van der Waals surface area contributed by atoms with Gasteiger partial charge in [-0.3, -0.25) is 14.6 Å². The fourth-order valence-electron chi connectivity index (χ4n) is 4.90. The summed E-state index contributed by atoms with van der Waals surface area (Å²) < 4.78 is 39.5. The van der Waals surface area contributed by atoms with E-state index in [1.807, 2.05) is 0 Å². The van der Waals surface area contributed by atoms with Crippen molar-refractivity contribution in [2.24, 2.45) is 4.99 Å². The maximum Gasteiger partial charge on any atom is 0.416 e. The fourth-order valence-corrected chi connectivity index (χ4v) is 4.90. The predicted octanol–water partition coefficient (Wildman–Crippen LogP) is 6.32. The average Bonchev–Trinajstić information content (AvgIpc) is 3.03. The van der Waals surface area contributed by atoms with Crippen molar-refractivity contribution < 1.29 is 22.8 Å². The Labute approximate surface area is 254 Å². The topological polar surface area (TPSA) is 110 Å². The van der Waals surface area contributed by atoms with Crippen molar-refractivity contribution in [1.82, 2.24) is 10.2 Å². The normalized spacial score (nSPS) is 14.5. The summed E-state index contributed by atoms with van der Waals surface area (Å²) in [6.45, 7) is 6.70. The number of hydrogen-bond acceptors (Lipinski definition) is 6. The van der Waals surface area contributed by atoms with Crippen LogP contribution in [-0.4, -0.2) is 49.6 Å². The molecule has 1 saturated heterocycles. The number of benzene rings is 3. The molecule has 44 heavy (non-hydrogen) atoms. The molecule has 0 aliphatic carbocycles. The summed E-state index contributed by atoms with van der Waals surface area (Å²) in [5, 5.41) is 18.1. The summed E-state index contributed by atoms with van der Waals surface area (Å²) in [4.78, 5) is 32.1. The van der Waals surface area contributed by atoms with E-state index in [1.165, 1.54) is 12.5 Å². The third-order valence-electron chi connectivity index (χ3n) is 7.24. The van der Waals surface area contributed by atoms with Gasteiger partial charge in [0.15, 0.2) is 0 Å². The number of rotatable bonds is 11. The van der Waals surface area contributed by atoms with Crippen molar-refractivity contribution in [3.8, 4) is 6.07 Å². The Balaban J connectivity index is 1.48. The molecule has 0 bridgehead atoms. The van der Waals surface area contributed by atoms with Crippen molar-refractivity contribution in [1.29, 1.82) is 5.26 Å². The number of hydrogen-bond donors (Lipinski definition) is 3. The van der Waals surface area contributed by atoms with Crippen LogP contribution in [0.1, 0.15) is 47.6 Å². The predicted molar refractivity (Wildman–Crippen MR) is 166 cm³/mol. The van der Waals surface area contributed by atoms with Crippen LogP contribution in [0.4, 0.5) is 30.2 Å². The van der Waals surface area contributed by atoms with Gasteiger partial charge in [-0.05, 0) is 80.2 Å².